The van der Waals surface area contributed by atoms with Gasteiger partial charge in [0.1, 0.15) is 0 Å². The summed E-state index contributed by atoms with van der Waals surface area (Å²) in [6, 6.07) is 0. The first-order valence-corrected chi connectivity index (χ1v) is 4.23. The van der Waals surface area contributed by atoms with Crippen molar-refractivity contribution < 1.29 is 0 Å². The first-order valence-electron chi connectivity index (χ1n) is 4.23. The zero-order valence-electron chi connectivity index (χ0n) is 6.59. The predicted molar refractivity (Wildman–Crippen MR) is 47.1 cm³/mol. The van der Waals surface area contributed by atoms with Crippen LogP contribution in [0.3, 0.4) is 0 Å². The molecule has 0 aromatic rings. The molecule has 1 nitrogen and oxygen atoms in total. The lowest BCUT2D eigenvalue weighted by Crippen LogP contribution is -2.10. The smallest absolute Gasteiger partial charge is 0.0147 e. The van der Waals surface area contributed by atoms with Crippen molar-refractivity contribution in [2.75, 3.05) is 6.54 Å². The lowest BCUT2D eigenvalue weighted by Gasteiger charge is -2.16. The van der Waals surface area contributed by atoms with E-state index in [1.807, 2.05) is 0 Å². The van der Waals surface area contributed by atoms with E-state index in [1.165, 1.54) is 18.4 Å². The lowest BCUT2D eigenvalue weighted by molar-refractivity contribution is 0.571. The molecule has 2 aliphatic rings. The molecule has 1 heteroatoms. The first-order chi connectivity index (χ1) is 5.47. The van der Waals surface area contributed by atoms with Crippen LogP contribution in [0.2, 0.25) is 0 Å². The van der Waals surface area contributed by atoms with Gasteiger partial charge in [-0.15, -0.1) is 0 Å². The minimum Gasteiger partial charge on any atom is -0.391 e. The molecule has 0 radical (unpaired) electrons. The molecule has 2 rings (SSSR count). The molecule has 1 aliphatic carbocycles. The van der Waals surface area contributed by atoms with Crippen molar-refractivity contribution in [1.82, 2.24) is 5.32 Å². The van der Waals surface area contributed by atoms with E-state index in [1.54, 1.807) is 0 Å². The molecule has 0 amide bonds. The molecular weight excluding hydrogens is 134 g/mol. The highest BCUT2D eigenvalue weighted by Gasteiger charge is 2.13. The van der Waals surface area contributed by atoms with Crippen LogP contribution in [0, 0.1) is 5.92 Å². The van der Waals surface area contributed by atoms with Gasteiger partial charge in [0.15, 0.2) is 0 Å². The second-order valence-corrected chi connectivity index (χ2v) is 3.10. The van der Waals surface area contributed by atoms with Gasteiger partial charge in [-0.2, -0.15) is 0 Å². The van der Waals surface area contributed by atoms with Gasteiger partial charge in [0, 0.05) is 6.54 Å². The van der Waals surface area contributed by atoms with Gasteiger partial charge in [-0.05, 0) is 36.6 Å². The van der Waals surface area contributed by atoms with Gasteiger partial charge in [-0.25, -0.2) is 0 Å². The normalized spacial score (nSPS) is 28.4. The zero-order chi connectivity index (χ0) is 7.52. The molecule has 1 aliphatic heterocycles. The number of hydrogen-bond donors (Lipinski definition) is 1. The SMILES string of the molecule is C1=CCC2CCNC=CC2=C1. The Bertz CT molecular complexity index is 223. The summed E-state index contributed by atoms with van der Waals surface area (Å²) in [6.45, 7) is 1.12. The van der Waals surface area contributed by atoms with Gasteiger partial charge in [0.05, 0.1) is 0 Å². The summed E-state index contributed by atoms with van der Waals surface area (Å²) in [7, 11) is 0. The van der Waals surface area contributed by atoms with Crippen LogP contribution in [0.5, 0.6) is 0 Å². The van der Waals surface area contributed by atoms with E-state index in [2.05, 4.69) is 35.8 Å². The Hall–Kier alpha value is -0.980. The molecule has 58 valence electrons. The standard InChI is InChI=1S/C10H13N/c1-2-4-10-6-8-11-7-5-9(10)3-1/h1-3,5,7,10-11H,4,6,8H2. The maximum Gasteiger partial charge on any atom is 0.0147 e. The minimum atomic E-state index is 0.770. The molecule has 11 heavy (non-hydrogen) atoms. The maximum atomic E-state index is 3.25. The van der Waals surface area contributed by atoms with E-state index in [-0.39, 0.29) is 0 Å². The highest BCUT2D eigenvalue weighted by atomic mass is 14.8. The number of fused-ring (bicyclic) bond motifs is 1. The fraction of sp³-hybridized carbons (Fsp3) is 0.400. The summed E-state index contributed by atoms with van der Waals surface area (Å²) >= 11 is 0. The molecule has 1 unspecified atom stereocenters. The van der Waals surface area contributed by atoms with Crippen molar-refractivity contribution in [2.45, 2.75) is 12.8 Å². The summed E-state index contributed by atoms with van der Waals surface area (Å²) in [6.07, 6.45) is 13.4. The van der Waals surface area contributed by atoms with Gasteiger partial charge in [0.2, 0.25) is 0 Å². The van der Waals surface area contributed by atoms with E-state index in [9.17, 15) is 0 Å². The molecule has 0 saturated heterocycles. The Kier molecular flexibility index (Phi) is 1.80. The third-order valence-corrected chi connectivity index (χ3v) is 2.35. The summed E-state index contributed by atoms with van der Waals surface area (Å²) in [5, 5.41) is 3.25. The molecule has 1 atom stereocenters. The fourth-order valence-electron chi connectivity index (χ4n) is 1.67. The van der Waals surface area contributed by atoms with E-state index in [4.69, 9.17) is 0 Å². The molecule has 0 aromatic carbocycles. The zero-order valence-corrected chi connectivity index (χ0v) is 6.59. The summed E-state index contributed by atoms with van der Waals surface area (Å²) in [5.41, 5.74) is 1.48. The Morgan fingerprint density at radius 1 is 1.45 bits per heavy atom. The third-order valence-electron chi connectivity index (χ3n) is 2.35. The molecule has 0 fully saturated rings. The van der Waals surface area contributed by atoms with Crippen LogP contribution < -0.4 is 5.32 Å². The second-order valence-electron chi connectivity index (χ2n) is 3.10. The molecule has 1 heterocycles. The number of allylic oxidation sites excluding steroid dienone is 5. The summed E-state index contributed by atoms with van der Waals surface area (Å²) in [4.78, 5) is 0. The largest absolute Gasteiger partial charge is 0.391 e. The van der Waals surface area contributed by atoms with Crippen molar-refractivity contribution in [1.29, 1.82) is 0 Å². The van der Waals surface area contributed by atoms with Gasteiger partial charge in [-0.1, -0.05) is 18.2 Å². The Morgan fingerprint density at radius 2 is 2.45 bits per heavy atom. The van der Waals surface area contributed by atoms with Crippen LogP contribution >= 0.6 is 0 Å². The topological polar surface area (TPSA) is 12.0 Å². The van der Waals surface area contributed by atoms with E-state index < -0.39 is 0 Å². The van der Waals surface area contributed by atoms with Crippen LogP contribution in [0.25, 0.3) is 0 Å². The van der Waals surface area contributed by atoms with Gasteiger partial charge < -0.3 is 5.32 Å². The summed E-state index contributed by atoms with van der Waals surface area (Å²) in [5.74, 6) is 0.770. The Balaban J connectivity index is 2.22. The molecular formula is C10H13N. The average Bonchev–Trinajstić information content (AvgIpc) is 2.28. The van der Waals surface area contributed by atoms with Crippen LogP contribution in [0.15, 0.2) is 36.1 Å². The van der Waals surface area contributed by atoms with E-state index in [0.29, 0.717) is 0 Å². The monoisotopic (exact) mass is 147 g/mol. The van der Waals surface area contributed by atoms with Gasteiger partial charge >= 0.3 is 0 Å². The van der Waals surface area contributed by atoms with Gasteiger partial charge in [0.25, 0.3) is 0 Å². The average molecular weight is 147 g/mol. The van der Waals surface area contributed by atoms with Crippen molar-refractivity contribution in [3.8, 4) is 0 Å². The van der Waals surface area contributed by atoms with Crippen molar-refractivity contribution in [2.24, 2.45) is 5.92 Å². The van der Waals surface area contributed by atoms with Crippen LogP contribution in [-0.4, -0.2) is 6.54 Å². The third kappa shape index (κ3) is 1.37. The molecule has 0 saturated carbocycles. The quantitative estimate of drug-likeness (QED) is 0.552. The van der Waals surface area contributed by atoms with Crippen LogP contribution in [-0.2, 0) is 0 Å². The summed E-state index contributed by atoms with van der Waals surface area (Å²) < 4.78 is 0. The van der Waals surface area contributed by atoms with Crippen LogP contribution in [0.4, 0.5) is 0 Å². The van der Waals surface area contributed by atoms with Crippen molar-refractivity contribution in [3.63, 3.8) is 0 Å². The lowest BCUT2D eigenvalue weighted by atomic mass is 9.89. The highest BCUT2D eigenvalue weighted by Crippen LogP contribution is 2.25. The Morgan fingerprint density at radius 3 is 3.45 bits per heavy atom. The van der Waals surface area contributed by atoms with Gasteiger partial charge in [-0.3, -0.25) is 0 Å². The number of rotatable bonds is 0. The van der Waals surface area contributed by atoms with E-state index in [0.717, 1.165) is 12.5 Å². The molecule has 0 spiro atoms. The minimum absolute atomic E-state index is 0.770. The fourth-order valence-corrected chi connectivity index (χ4v) is 1.67. The first kappa shape index (κ1) is 6.71. The molecule has 0 bridgehead atoms. The Labute approximate surface area is 67.5 Å². The maximum absolute atomic E-state index is 3.25. The van der Waals surface area contributed by atoms with Crippen LogP contribution in [0.1, 0.15) is 12.8 Å². The van der Waals surface area contributed by atoms with Crippen molar-refractivity contribution >= 4 is 0 Å². The molecule has 1 N–H and O–H groups in total. The molecule has 0 aromatic heterocycles. The van der Waals surface area contributed by atoms with Crippen molar-refractivity contribution in [3.05, 3.63) is 36.1 Å². The predicted octanol–water partition coefficient (Wildman–Crippen LogP) is 2.00. The second kappa shape index (κ2) is 2.95. The van der Waals surface area contributed by atoms with E-state index >= 15 is 0 Å². The highest BCUT2D eigenvalue weighted by molar-refractivity contribution is 5.30. The number of hydrogen-bond acceptors (Lipinski definition) is 1. The number of nitrogens with one attached hydrogen (secondary N) is 1.